The van der Waals surface area contributed by atoms with Gasteiger partial charge in [0.15, 0.2) is 0 Å². The molecule has 1 N–H and O–H groups in total. The van der Waals surface area contributed by atoms with Crippen LogP contribution in [0.15, 0.2) is 77.7 Å². The molecule has 0 unspecified atom stereocenters. The first-order valence-electron chi connectivity index (χ1n) is 10.1. The molecule has 0 aliphatic carbocycles. The third kappa shape index (κ3) is 4.95. The van der Waals surface area contributed by atoms with Crippen LogP contribution in [-0.4, -0.2) is 32.1 Å². The molecule has 0 saturated carbocycles. The molecule has 3 aromatic carbocycles. The second-order valence-electron chi connectivity index (χ2n) is 7.63. The summed E-state index contributed by atoms with van der Waals surface area (Å²) in [5.74, 6) is 1.93. The van der Waals surface area contributed by atoms with Crippen LogP contribution in [0, 0.1) is 0 Å². The molecule has 1 aliphatic rings. The Kier molecular flexibility index (Phi) is 6.43. The standard InChI is InChI=1S/C25H28N2OS/c1-27(2)16-7-17-28-21-14-12-20(13-15-21)26-25-22-9-4-3-8-19(22)18-29-24-11-6-5-10-23(24)25/h3-6,8-15,25-26H,7,16-18H2,1-2H3/t25-/m0/s1. The summed E-state index contributed by atoms with van der Waals surface area (Å²) >= 11 is 1.92. The van der Waals surface area contributed by atoms with Gasteiger partial charge in [0.2, 0.25) is 0 Å². The third-order valence-corrected chi connectivity index (χ3v) is 6.30. The molecule has 0 amide bonds. The zero-order chi connectivity index (χ0) is 20.1. The van der Waals surface area contributed by atoms with Gasteiger partial charge >= 0.3 is 0 Å². The van der Waals surface area contributed by atoms with Crippen molar-refractivity contribution in [1.29, 1.82) is 0 Å². The van der Waals surface area contributed by atoms with Crippen molar-refractivity contribution in [1.82, 2.24) is 4.90 Å². The first-order valence-corrected chi connectivity index (χ1v) is 11.1. The van der Waals surface area contributed by atoms with E-state index in [4.69, 9.17) is 4.74 Å². The summed E-state index contributed by atoms with van der Waals surface area (Å²) in [6.45, 7) is 1.78. The van der Waals surface area contributed by atoms with E-state index in [0.29, 0.717) is 0 Å². The molecule has 150 valence electrons. The summed E-state index contributed by atoms with van der Waals surface area (Å²) in [7, 11) is 4.17. The smallest absolute Gasteiger partial charge is 0.119 e. The number of nitrogens with zero attached hydrogens (tertiary/aromatic N) is 1. The average molecular weight is 405 g/mol. The molecule has 0 fully saturated rings. The highest BCUT2D eigenvalue weighted by molar-refractivity contribution is 7.98. The quantitative estimate of drug-likeness (QED) is 0.501. The molecule has 1 atom stereocenters. The second kappa shape index (κ2) is 9.38. The van der Waals surface area contributed by atoms with E-state index in [-0.39, 0.29) is 6.04 Å². The van der Waals surface area contributed by atoms with Gasteiger partial charge in [0.25, 0.3) is 0 Å². The van der Waals surface area contributed by atoms with Crippen LogP contribution in [-0.2, 0) is 5.75 Å². The first-order chi connectivity index (χ1) is 14.2. The highest BCUT2D eigenvalue weighted by Crippen LogP contribution is 2.40. The Balaban J connectivity index is 1.52. The van der Waals surface area contributed by atoms with Crippen LogP contribution in [0.25, 0.3) is 0 Å². The molecule has 0 radical (unpaired) electrons. The molecule has 3 aromatic rings. The van der Waals surface area contributed by atoms with Crippen molar-refractivity contribution in [2.24, 2.45) is 0 Å². The van der Waals surface area contributed by atoms with E-state index < -0.39 is 0 Å². The van der Waals surface area contributed by atoms with Crippen molar-refractivity contribution in [3.05, 3.63) is 89.5 Å². The van der Waals surface area contributed by atoms with Crippen molar-refractivity contribution in [3.63, 3.8) is 0 Å². The maximum Gasteiger partial charge on any atom is 0.119 e. The SMILES string of the molecule is CN(C)CCCOc1ccc(N[C@H]2c3ccccc3CSc3ccccc32)cc1. The largest absolute Gasteiger partial charge is 0.494 e. The lowest BCUT2D eigenvalue weighted by molar-refractivity contribution is 0.281. The topological polar surface area (TPSA) is 24.5 Å². The summed E-state index contributed by atoms with van der Waals surface area (Å²) < 4.78 is 5.88. The third-order valence-electron chi connectivity index (χ3n) is 5.16. The molecule has 1 heterocycles. The summed E-state index contributed by atoms with van der Waals surface area (Å²) in [5, 5.41) is 3.77. The lowest BCUT2D eigenvalue weighted by atomic mass is 9.95. The molecule has 4 rings (SSSR count). The maximum atomic E-state index is 5.88. The zero-order valence-corrected chi connectivity index (χ0v) is 17.9. The minimum Gasteiger partial charge on any atom is -0.494 e. The van der Waals surface area contributed by atoms with Crippen LogP contribution >= 0.6 is 11.8 Å². The molecule has 0 saturated heterocycles. The highest BCUT2D eigenvalue weighted by Gasteiger charge is 2.23. The number of nitrogens with one attached hydrogen (secondary N) is 1. The van der Waals surface area contributed by atoms with Gasteiger partial charge in [-0.2, -0.15) is 0 Å². The molecule has 3 nitrogen and oxygen atoms in total. The first kappa shape index (κ1) is 19.9. The Bertz CT molecular complexity index is 892. The van der Waals surface area contributed by atoms with Gasteiger partial charge < -0.3 is 15.0 Å². The average Bonchev–Trinajstić information content (AvgIpc) is 2.90. The molecule has 0 bridgehead atoms. The predicted molar refractivity (Wildman–Crippen MR) is 123 cm³/mol. The van der Waals surface area contributed by atoms with Gasteiger partial charge in [-0.1, -0.05) is 42.5 Å². The van der Waals surface area contributed by atoms with Crippen LogP contribution in [0.5, 0.6) is 5.75 Å². The van der Waals surface area contributed by atoms with Crippen molar-refractivity contribution in [2.75, 3.05) is 32.6 Å². The zero-order valence-electron chi connectivity index (χ0n) is 17.1. The Morgan fingerprint density at radius 3 is 2.45 bits per heavy atom. The summed E-state index contributed by atoms with van der Waals surface area (Å²) in [5.41, 5.74) is 5.19. The molecule has 29 heavy (non-hydrogen) atoms. The molecule has 1 aliphatic heterocycles. The molecule has 0 spiro atoms. The Hall–Kier alpha value is -2.43. The van der Waals surface area contributed by atoms with E-state index in [1.807, 2.05) is 11.8 Å². The summed E-state index contributed by atoms with van der Waals surface area (Å²) in [6.07, 6.45) is 1.03. The molecule has 4 heteroatoms. The number of benzene rings is 3. The van der Waals surface area contributed by atoms with Crippen molar-refractivity contribution >= 4 is 17.4 Å². The second-order valence-corrected chi connectivity index (χ2v) is 8.65. The van der Waals surface area contributed by atoms with Gasteiger partial charge in [-0.25, -0.2) is 0 Å². The van der Waals surface area contributed by atoms with Gasteiger partial charge in [0, 0.05) is 22.9 Å². The Morgan fingerprint density at radius 2 is 1.66 bits per heavy atom. The van der Waals surface area contributed by atoms with E-state index in [2.05, 4.69) is 97.1 Å². The van der Waals surface area contributed by atoms with Crippen LogP contribution < -0.4 is 10.1 Å². The number of ether oxygens (including phenoxy) is 1. The van der Waals surface area contributed by atoms with E-state index in [1.165, 1.54) is 21.6 Å². The fourth-order valence-corrected chi connectivity index (χ4v) is 4.76. The number of thioether (sulfide) groups is 1. The van der Waals surface area contributed by atoms with Crippen molar-refractivity contribution in [3.8, 4) is 5.75 Å². The number of fused-ring (bicyclic) bond motifs is 2. The predicted octanol–water partition coefficient (Wildman–Crippen LogP) is 5.82. The summed E-state index contributed by atoms with van der Waals surface area (Å²) in [6, 6.07) is 26.0. The minimum atomic E-state index is 0.143. The van der Waals surface area contributed by atoms with Gasteiger partial charge in [-0.15, -0.1) is 11.8 Å². The maximum absolute atomic E-state index is 5.88. The number of hydrogen-bond acceptors (Lipinski definition) is 4. The van der Waals surface area contributed by atoms with Crippen LogP contribution in [0.1, 0.15) is 29.2 Å². The van der Waals surface area contributed by atoms with Crippen LogP contribution in [0.4, 0.5) is 5.69 Å². The highest BCUT2D eigenvalue weighted by atomic mass is 32.2. The summed E-state index contributed by atoms with van der Waals surface area (Å²) in [4.78, 5) is 3.53. The van der Waals surface area contributed by atoms with E-state index in [0.717, 1.165) is 36.8 Å². The van der Waals surface area contributed by atoms with Crippen LogP contribution in [0.2, 0.25) is 0 Å². The Labute approximate surface area is 178 Å². The molecular formula is C25H28N2OS. The van der Waals surface area contributed by atoms with Gasteiger partial charge in [0.1, 0.15) is 5.75 Å². The van der Waals surface area contributed by atoms with Crippen LogP contribution in [0.3, 0.4) is 0 Å². The van der Waals surface area contributed by atoms with E-state index in [9.17, 15) is 0 Å². The van der Waals surface area contributed by atoms with Gasteiger partial charge in [-0.05, 0) is 67.5 Å². The van der Waals surface area contributed by atoms with Crippen molar-refractivity contribution in [2.45, 2.75) is 23.1 Å². The monoisotopic (exact) mass is 404 g/mol. The molecule has 0 aromatic heterocycles. The number of anilines is 1. The van der Waals surface area contributed by atoms with E-state index in [1.54, 1.807) is 0 Å². The number of rotatable bonds is 7. The van der Waals surface area contributed by atoms with Gasteiger partial charge in [0.05, 0.1) is 12.6 Å². The lowest BCUT2D eigenvalue weighted by Gasteiger charge is -2.23. The fraction of sp³-hybridized carbons (Fsp3) is 0.280. The normalized spacial score (nSPS) is 15.3. The number of hydrogen-bond donors (Lipinski definition) is 1. The fourth-order valence-electron chi connectivity index (χ4n) is 3.66. The van der Waals surface area contributed by atoms with Crippen molar-refractivity contribution < 1.29 is 4.74 Å². The van der Waals surface area contributed by atoms with Gasteiger partial charge in [-0.3, -0.25) is 0 Å². The lowest BCUT2D eigenvalue weighted by Crippen LogP contribution is -2.15. The molecular weight excluding hydrogens is 376 g/mol. The Morgan fingerprint density at radius 1 is 0.931 bits per heavy atom. The van der Waals surface area contributed by atoms with E-state index >= 15 is 0 Å². The minimum absolute atomic E-state index is 0.143.